The molecule has 2 N–H and O–H groups in total. The lowest BCUT2D eigenvalue weighted by Crippen LogP contribution is -2.63. The van der Waals surface area contributed by atoms with Gasteiger partial charge >= 0.3 is 12.1 Å². The first-order valence-corrected chi connectivity index (χ1v) is 2.98. The summed E-state index contributed by atoms with van der Waals surface area (Å²) in [5.41, 5.74) is 0. The SMILES string of the molecule is CNCC1(NC)OC(=O)O1. The van der Waals surface area contributed by atoms with Crippen molar-refractivity contribution in [1.82, 2.24) is 10.6 Å². The van der Waals surface area contributed by atoms with Gasteiger partial charge in [-0.2, -0.15) is 0 Å². The molecule has 0 aromatic heterocycles. The summed E-state index contributed by atoms with van der Waals surface area (Å²) in [5, 5.41) is 5.54. The van der Waals surface area contributed by atoms with Crippen LogP contribution in [0.1, 0.15) is 0 Å². The molecule has 58 valence electrons. The van der Waals surface area contributed by atoms with Gasteiger partial charge in [-0.25, -0.2) is 10.1 Å². The van der Waals surface area contributed by atoms with E-state index < -0.39 is 12.1 Å². The second kappa shape index (κ2) is 2.43. The van der Waals surface area contributed by atoms with Crippen LogP contribution in [0.3, 0.4) is 0 Å². The number of hydrogen-bond acceptors (Lipinski definition) is 5. The molecule has 0 aromatic carbocycles. The molecule has 5 nitrogen and oxygen atoms in total. The Morgan fingerprint density at radius 3 is 2.40 bits per heavy atom. The zero-order valence-electron chi connectivity index (χ0n) is 5.93. The molecule has 0 aliphatic carbocycles. The van der Waals surface area contributed by atoms with E-state index in [2.05, 4.69) is 20.1 Å². The van der Waals surface area contributed by atoms with Gasteiger partial charge in [0.1, 0.15) is 0 Å². The summed E-state index contributed by atoms with van der Waals surface area (Å²) in [7, 11) is 3.40. The van der Waals surface area contributed by atoms with Crippen molar-refractivity contribution in [2.75, 3.05) is 20.6 Å². The highest BCUT2D eigenvalue weighted by atomic mass is 16.9. The van der Waals surface area contributed by atoms with Crippen molar-refractivity contribution >= 4 is 6.16 Å². The van der Waals surface area contributed by atoms with Gasteiger partial charge in [0.25, 0.3) is 0 Å². The molecule has 0 atom stereocenters. The molecule has 1 aliphatic rings. The molecule has 0 radical (unpaired) electrons. The third kappa shape index (κ3) is 1.05. The Hall–Kier alpha value is -0.810. The highest BCUT2D eigenvalue weighted by molar-refractivity contribution is 5.65. The van der Waals surface area contributed by atoms with Crippen molar-refractivity contribution in [3.8, 4) is 0 Å². The van der Waals surface area contributed by atoms with E-state index in [9.17, 15) is 4.79 Å². The lowest BCUT2D eigenvalue weighted by atomic mass is 10.4. The Morgan fingerprint density at radius 1 is 1.50 bits per heavy atom. The van der Waals surface area contributed by atoms with E-state index in [1.54, 1.807) is 14.1 Å². The summed E-state index contributed by atoms with van der Waals surface area (Å²) >= 11 is 0. The number of carbonyl (C=O) groups is 1. The highest BCUT2D eigenvalue weighted by Crippen LogP contribution is 2.20. The summed E-state index contributed by atoms with van der Waals surface area (Å²) in [6.45, 7) is 0.440. The topological polar surface area (TPSA) is 59.6 Å². The fourth-order valence-electron chi connectivity index (χ4n) is 0.772. The summed E-state index contributed by atoms with van der Waals surface area (Å²) in [5.74, 6) is -0.925. The maximum absolute atomic E-state index is 10.2. The lowest BCUT2D eigenvalue weighted by Gasteiger charge is -2.38. The van der Waals surface area contributed by atoms with E-state index >= 15 is 0 Å². The third-order valence-electron chi connectivity index (χ3n) is 1.29. The monoisotopic (exact) mass is 146 g/mol. The zero-order chi connectivity index (χ0) is 7.61. The quantitative estimate of drug-likeness (QED) is 0.513. The number of nitrogens with one attached hydrogen (secondary N) is 2. The van der Waals surface area contributed by atoms with E-state index in [0.717, 1.165) is 0 Å². The first kappa shape index (κ1) is 7.30. The van der Waals surface area contributed by atoms with Gasteiger partial charge in [0.05, 0.1) is 6.54 Å². The van der Waals surface area contributed by atoms with Crippen LogP contribution in [0.25, 0.3) is 0 Å². The molecule has 1 fully saturated rings. The molecule has 0 spiro atoms. The molecule has 1 rings (SSSR count). The minimum Gasteiger partial charge on any atom is -0.375 e. The van der Waals surface area contributed by atoms with Crippen molar-refractivity contribution in [1.29, 1.82) is 0 Å². The molecule has 10 heavy (non-hydrogen) atoms. The normalized spacial score (nSPS) is 20.8. The van der Waals surface area contributed by atoms with E-state index in [-0.39, 0.29) is 0 Å². The summed E-state index contributed by atoms with van der Waals surface area (Å²) in [4.78, 5) is 10.2. The van der Waals surface area contributed by atoms with E-state index in [0.29, 0.717) is 6.54 Å². The fraction of sp³-hybridized carbons (Fsp3) is 0.800. The van der Waals surface area contributed by atoms with Gasteiger partial charge in [-0.1, -0.05) is 0 Å². The maximum atomic E-state index is 10.2. The Bertz CT molecular complexity index is 140. The van der Waals surface area contributed by atoms with Crippen LogP contribution in [0, 0.1) is 0 Å². The van der Waals surface area contributed by atoms with Crippen molar-refractivity contribution in [2.24, 2.45) is 0 Å². The van der Waals surface area contributed by atoms with Crippen LogP contribution in [0.4, 0.5) is 4.79 Å². The predicted octanol–water partition coefficient (Wildman–Crippen LogP) is -0.754. The van der Waals surface area contributed by atoms with Crippen LogP contribution in [0.2, 0.25) is 0 Å². The van der Waals surface area contributed by atoms with Crippen molar-refractivity contribution in [3.05, 3.63) is 0 Å². The van der Waals surface area contributed by atoms with Gasteiger partial charge in [-0.15, -0.1) is 0 Å². The first-order valence-electron chi connectivity index (χ1n) is 2.98. The number of rotatable bonds is 3. The summed E-state index contributed by atoms with van der Waals surface area (Å²) < 4.78 is 9.36. The van der Waals surface area contributed by atoms with Crippen LogP contribution >= 0.6 is 0 Å². The van der Waals surface area contributed by atoms with Gasteiger partial charge in [0.2, 0.25) is 0 Å². The van der Waals surface area contributed by atoms with Crippen LogP contribution in [-0.4, -0.2) is 32.7 Å². The molecule has 0 aromatic rings. The standard InChI is InChI=1S/C5H10N2O3/c1-6-3-5(7-2)9-4(8)10-5/h6-7H,3H2,1-2H3. The molecule has 1 aliphatic heterocycles. The van der Waals surface area contributed by atoms with Crippen LogP contribution in [-0.2, 0) is 9.47 Å². The Balaban J connectivity index is 2.39. The van der Waals surface area contributed by atoms with Crippen molar-refractivity contribution < 1.29 is 14.3 Å². The van der Waals surface area contributed by atoms with Crippen molar-refractivity contribution in [3.63, 3.8) is 0 Å². The van der Waals surface area contributed by atoms with Crippen LogP contribution in [0.5, 0.6) is 0 Å². The number of carbonyl (C=O) groups excluding carboxylic acids is 1. The maximum Gasteiger partial charge on any atom is 0.517 e. The molecule has 5 heteroatoms. The second-order valence-electron chi connectivity index (χ2n) is 1.99. The Morgan fingerprint density at radius 2 is 2.10 bits per heavy atom. The Labute approximate surface area is 58.7 Å². The van der Waals surface area contributed by atoms with Gasteiger partial charge in [-0.3, -0.25) is 0 Å². The highest BCUT2D eigenvalue weighted by Gasteiger charge is 2.47. The molecule has 0 bridgehead atoms. The molecule has 1 saturated heterocycles. The smallest absolute Gasteiger partial charge is 0.375 e. The molecule has 1 heterocycles. The third-order valence-corrected chi connectivity index (χ3v) is 1.29. The van der Waals surface area contributed by atoms with Crippen molar-refractivity contribution in [2.45, 2.75) is 5.91 Å². The number of hydrogen-bond donors (Lipinski definition) is 2. The second-order valence-corrected chi connectivity index (χ2v) is 1.99. The summed E-state index contributed by atoms with van der Waals surface area (Å²) in [6, 6.07) is 0. The molecular weight excluding hydrogens is 136 g/mol. The average molecular weight is 146 g/mol. The minimum atomic E-state index is -0.925. The fourth-order valence-corrected chi connectivity index (χ4v) is 0.772. The van der Waals surface area contributed by atoms with E-state index in [4.69, 9.17) is 0 Å². The minimum absolute atomic E-state index is 0.440. The number of likely N-dealkylation sites (N-methyl/N-ethyl adjacent to an activating group) is 2. The van der Waals surface area contributed by atoms with Gasteiger partial charge < -0.3 is 14.8 Å². The van der Waals surface area contributed by atoms with E-state index in [1.807, 2.05) is 0 Å². The van der Waals surface area contributed by atoms with Crippen LogP contribution in [0.15, 0.2) is 0 Å². The number of cyclic esters (lactones) is 2. The zero-order valence-corrected chi connectivity index (χ0v) is 5.93. The first-order chi connectivity index (χ1) is 4.72. The predicted molar refractivity (Wildman–Crippen MR) is 33.3 cm³/mol. The van der Waals surface area contributed by atoms with E-state index in [1.165, 1.54) is 0 Å². The molecular formula is C5H10N2O3. The molecule has 0 amide bonds. The molecule has 0 saturated carbocycles. The van der Waals surface area contributed by atoms with Gasteiger partial charge in [-0.05, 0) is 14.1 Å². The lowest BCUT2D eigenvalue weighted by molar-refractivity contribution is -0.281. The number of ether oxygens (including phenoxy) is 2. The largest absolute Gasteiger partial charge is 0.517 e. The van der Waals surface area contributed by atoms with Crippen LogP contribution < -0.4 is 10.6 Å². The Kier molecular flexibility index (Phi) is 1.78. The molecule has 0 unspecified atom stereocenters. The van der Waals surface area contributed by atoms with Gasteiger partial charge in [0.15, 0.2) is 0 Å². The van der Waals surface area contributed by atoms with Gasteiger partial charge in [0, 0.05) is 0 Å². The average Bonchev–Trinajstić information content (AvgIpc) is 1.84. The summed E-state index contributed by atoms with van der Waals surface area (Å²) in [6.07, 6.45) is -0.635.